The lowest BCUT2D eigenvalue weighted by Gasteiger charge is -2.10. The zero-order chi connectivity index (χ0) is 13.5. The summed E-state index contributed by atoms with van der Waals surface area (Å²) >= 11 is 0. The van der Waals surface area contributed by atoms with Crippen LogP contribution in [0.3, 0.4) is 0 Å². The zero-order valence-corrected chi connectivity index (χ0v) is 10.7. The maximum atomic E-state index is 11.6. The first-order valence-electron chi connectivity index (χ1n) is 6.49. The molecule has 0 aromatic heterocycles. The van der Waals surface area contributed by atoms with Crippen molar-refractivity contribution in [3.63, 3.8) is 0 Å². The van der Waals surface area contributed by atoms with Crippen molar-refractivity contribution in [2.45, 2.75) is 31.8 Å². The Morgan fingerprint density at radius 1 is 1.32 bits per heavy atom. The fourth-order valence-electron chi connectivity index (χ4n) is 2.00. The van der Waals surface area contributed by atoms with Gasteiger partial charge in [-0.3, -0.25) is 15.0 Å². The Morgan fingerprint density at radius 2 is 2.11 bits per heavy atom. The molecule has 1 aromatic carbocycles. The third-order valence-corrected chi connectivity index (χ3v) is 2.99. The van der Waals surface area contributed by atoms with Gasteiger partial charge in [0.15, 0.2) is 0 Å². The van der Waals surface area contributed by atoms with E-state index in [1.165, 1.54) is 5.56 Å². The second kappa shape index (κ2) is 6.89. The van der Waals surface area contributed by atoms with Crippen LogP contribution in [0.4, 0.5) is 0 Å². The van der Waals surface area contributed by atoms with Crippen molar-refractivity contribution in [3.05, 3.63) is 35.9 Å². The van der Waals surface area contributed by atoms with E-state index in [2.05, 4.69) is 10.9 Å². The monoisotopic (exact) mass is 262 g/mol. The lowest BCUT2D eigenvalue weighted by Crippen LogP contribution is -2.40. The summed E-state index contributed by atoms with van der Waals surface area (Å²) < 4.78 is 4.98. The van der Waals surface area contributed by atoms with Gasteiger partial charge in [-0.15, -0.1) is 0 Å². The van der Waals surface area contributed by atoms with E-state index in [1.54, 1.807) is 0 Å². The van der Waals surface area contributed by atoms with Crippen LogP contribution in [0.1, 0.15) is 24.8 Å². The first-order chi connectivity index (χ1) is 9.24. The molecule has 1 fully saturated rings. The molecule has 5 nitrogen and oxygen atoms in total. The van der Waals surface area contributed by atoms with Gasteiger partial charge in [-0.2, -0.15) is 0 Å². The maximum Gasteiger partial charge on any atom is 0.306 e. The number of esters is 1. The van der Waals surface area contributed by atoms with E-state index in [0.717, 1.165) is 6.42 Å². The van der Waals surface area contributed by atoms with Crippen LogP contribution in [0.2, 0.25) is 0 Å². The van der Waals surface area contributed by atoms with Crippen LogP contribution < -0.4 is 10.9 Å². The number of cyclic esters (lactones) is 1. The Bertz CT molecular complexity index is 434. The summed E-state index contributed by atoms with van der Waals surface area (Å²) in [5, 5.41) is 0. The molecule has 1 saturated heterocycles. The Hall–Kier alpha value is -1.88. The van der Waals surface area contributed by atoms with Crippen LogP contribution in [0.15, 0.2) is 30.3 Å². The second-order valence-corrected chi connectivity index (χ2v) is 4.57. The highest BCUT2D eigenvalue weighted by Crippen LogP contribution is 2.16. The minimum atomic E-state index is -0.261. The van der Waals surface area contributed by atoms with Crippen LogP contribution in [0.25, 0.3) is 0 Å². The van der Waals surface area contributed by atoms with Gasteiger partial charge in [0, 0.05) is 13.0 Å². The van der Waals surface area contributed by atoms with E-state index >= 15 is 0 Å². The Morgan fingerprint density at radius 3 is 2.79 bits per heavy atom. The number of hydrogen-bond donors (Lipinski definition) is 2. The number of carbonyl (C=O) groups excluding carboxylic acids is 2. The highest BCUT2D eigenvalue weighted by molar-refractivity contribution is 5.78. The third-order valence-electron chi connectivity index (χ3n) is 2.99. The number of nitrogens with one attached hydrogen (secondary N) is 2. The molecule has 1 heterocycles. The van der Waals surface area contributed by atoms with E-state index < -0.39 is 0 Å². The topological polar surface area (TPSA) is 67.4 Å². The van der Waals surface area contributed by atoms with Gasteiger partial charge in [-0.05, 0) is 18.4 Å². The molecule has 1 aliphatic heterocycles. The lowest BCUT2D eigenvalue weighted by molar-refractivity contribution is -0.142. The van der Waals surface area contributed by atoms with E-state index in [1.807, 2.05) is 30.3 Å². The van der Waals surface area contributed by atoms with Gasteiger partial charge in [0.05, 0.1) is 6.42 Å². The molecule has 0 spiro atoms. The molecule has 0 aliphatic carbocycles. The van der Waals surface area contributed by atoms with Crippen molar-refractivity contribution in [2.75, 3.05) is 6.54 Å². The Balaban J connectivity index is 1.58. The Labute approximate surface area is 112 Å². The summed E-state index contributed by atoms with van der Waals surface area (Å²) in [5.41, 5.74) is 6.71. The van der Waals surface area contributed by atoms with Crippen LogP contribution in [0.5, 0.6) is 0 Å². The molecule has 1 aliphatic rings. The summed E-state index contributed by atoms with van der Waals surface area (Å²) in [6, 6.07) is 10.0. The molecular formula is C14H18N2O3. The summed E-state index contributed by atoms with van der Waals surface area (Å²) in [7, 11) is 0. The third kappa shape index (κ3) is 4.71. The molecule has 2 rings (SSSR count). The smallest absolute Gasteiger partial charge is 0.306 e. The lowest BCUT2D eigenvalue weighted by atomic mass is 10.1. The molecule has 5 heteroatoms. The minimum absolute atomic E-state index is 0.146. The number of ether oxygens (including phenoxy) is 1. The van der Waals surface area contributed by atoms with Crippen molar-refractivity contribution in [1.82, 2.24) is 10.9 Å². The molecule has 0 bridgehead atoms. The first-order valence-corrected chi connectivity index (χ1v) is 6.49. The van der Waals surface area contributed by atoms with Gasteiger partial charge in [0.25, 0.3) is 0 Å². The zero-order valence-electron chi connectivity index (χ0n) is 10.7. The molecule has 1 unspecified atom stereocenters. The summed E-state index contributed by atoms with van der Waals surface area (Å²) in [4.78, 5) is 22.4. The molecular weight excluding hydrogens is 244 g/mol. The van der Waals surface area contributed by atoms with Gasteiger partial charge in [-0.25, -0.2) is 5.43 Å². The quantitative estimate of drug-likeness (QED) is 0.455. The largest absolute Gasteiger partial charge is 0.462 e. The summed E-state index contributed by atoms with van der Waals surface area (Å²) in [5.74, 6) is -0.359. The molecule has 0 saturated carbocycles. The fourth-order valence-corrected chi connectivity index (χ4v) is 2.00. The van der Waals surface area contributed by atoms with Crippen LogP contribution in [-0.2, 0) is 20.7 Å². The number of benzene rings is 1. The van der Waals surface area contributed by atoms with E-state index in [0.29, 0.717) is 19.4 Å². The number of hydrazine groups is 1. The molecule has 0 radical (unpaired) electrons. The van der Waals surface area contributed by atoms with Gasteiger partial charge >= 0.3 is 5.97 Å². The van der Waals surface area contributed by atoms with E-state index in [-0.39, 0.29) is 24.4 Å². The highest BCUT2D eigenvalue weighted by Gasteiger charge is 2.25. The van der Waals surface area contributed by atoms with Crippen molar-refractivity contribution < 1.29 is 14.3 Å². The molecule has 1 aromatic rings. The van der Waals surface area contributed by atoms with Crippen molar-refractivity contribution >= 4 is 11.9 Å². The standard InChI is InChI=1S/C14H18N2O3/c17-13(10-12-6-7-14(18)19-12)16-15-9-8-11-4-2-1-3-5-11/h1-5,12,15H,6-10H2,(H,16,17). The number of amides is 1. The molecule has 1 amide bonds. The van der Waals surface area contributed by atoms with E-state index in [4.69, 9.17) is 4.74 Å². The number of carbonyl (C=O) groups is 2. The normalized spacial score (nSPS) is 18.1. The fraction of sp³-hybridized carbons (Fsp3) is 0.429. The van der Waals surface area contributed by atoms with Crippen LogP contribution in [-0.4, -0.2) is 24.5 Å². The predicted octanol–water partition coefficient (Wildman–Crippen LogP) is 0.946. The van der Waals surface area contributed by atoms with Gasteiger partial charge in [0.1, 0.15) is 6.10 Å². The van der Waals surface area contributed by atoms with E-state index in [9.17, 15) is 9.59 Å². The van der Waals surface area contributed by atoms with Crippen molar-refractivity contribution in [3.8, 4) is 0 Å². The second-order valence-electron chi connectivity index (χ2n) is 4.57. The average molecular weight is 262 g/mol. The maximum absolute atomic E-state index is 11.6. The molecule has 19 heavy (non-hydrogen) atoms. The summed E-state index contributed by atoms with van der Waals surface area (Å²) in [6.07, 6.45) is 1.86. The highest BCUT2D eigenvalue weighted by atomic mass is 16.5. The average Bonchev–Trinajstić information content (AvgIpc) is 2.81. The SMILES string of the molecule is O=C(CC1CCC(=O)O1)NNCCc1ccccc1. The van der Waals surface area contributed by atoms with Gasteiger partial charge < -0.3 is 4.74 Å². The molecule has 2 N–H and O–H groups in total. The van der Waals surface area contributed by atoms with Crippen LogP contribution in [0, 0.1) is 0 Å². The number of rotatable bonds is 6. The van der Waals surface area contributed by atoms with Crippen molar-refractivity contribution in [1.29, 1.82) is 0 Å². The Kier molecular flexibility index (Phi) is 4.92. The van der Waals surface area contributed by atoms with Gasteiger partial charge in [0.2, 0.25) is 5.91 Å². The molecule has 102 valence electrons. The molecule has 1 atom stereocenters. The van der Waals surface area contributed by atoms with Crippen LogP contribution >= 0.6 is 0 Å². The van der Waals surface area contributed by atoms with Crippen molar-refractivity contribution in [2.24, 2.45) is 0 Å². The van der Waals surface area contributed by atoms with Gasteiger partial charge in [-0.1, -0.05) is 30.3 Å². The minimum Gasteiger partial charge on any atom is -0.462 e. The number of hydrogen-bond acceptors (Lipinski definition) is 4. The summed E-state index contributed by atoms with van der Waals surface area (Å²) in [6.45, 7) is 0.667. The predicted molar refractivity (Wildman–Crippen MR) is 70.0 cm³/mol. The first kappa shape index (κ1) is 13.5.